The second-order valence-corrected chi connectivity index (χ2v) is 5.15. The fourth-order valence-corrected chi connectivity index (χ4v) is 2.51. The minimum absolute atomic E-state index is 0.00424. The second kappa shape index (κ2) is 8.15. The topological polar surface area (TPSA) is 81.4 Å². The Morgan fingerprint density at radius 1 is 1.26 bits per heavy atom. The van der Waals surface area contributed by atoms with Crippen LogP contribution in [0.4, 0.5) is 0 Å². The van der Waals surface area contributed by atoms with E-state index in [2.05, 4.69) is 5.32 Å². The van der Waals surface area contributed by atoms with Crippen molar-refractivity contribution in [1.29, 1.82) is 0 Å². The van der Waals surface area contributed by atoms with E-state index < -0.39 is 0 Å². The molecule has 0 spiro atoms. The molecule has 1 aliphatic carbocycles. The van der Waals surface area contributed by atoms with E-state index in [0.29, 0.717) is 13.2 Å². The summed E-state index contributed by atoms with van der Waals surface area (Å²) >= 11 is 0. The van der Waals surface area contributed by atoms with Crippen LogP contribution in [0.5, 0.6) is 0 Å². The van der Waals surface area contributed by atoms with Crippen molar-refractivity contribution in [2.75, 3.05) is 13.2 Å². The molecular weight excluding hydrogens is 244 g/mol. The summed E-state index contributed by atoms with van der Waals surface area (Å²) in [5.41, 5.74) is 5.56. The number of carbonyl (C=O) groups is 2. The van der Waals surface area contributed by atoms with E-state index in [1.165, 1.54) is 0 Å². The van der Waals surface area contributed by atoms with Crippen LogP contribution in [0.15, 0.2) is 0 Å². The Hall–Kier alpha value is -1.10. The molecule has 1 atom stereocenters. The molecule has 1 amide bonds. The number of hydrogen-bond donors (Lipinski definition) is 2. The highest BCUT2D eigenvalue weighted by Crippen LogP contribution is 2.25. The average Bonchev–Trinajstić information content (AvgIpc) is 2.41. The van der Waals surface area contributed by atoms with Crippen molar-refractivity contribution >= 4 is 11.9 Å². The lowest BCUT2D eigenvalue weighted by Gasteiger charge is -2.28. The van der Waals surface area contributed by atoms with Gasteiger partial charge < -0.3 is 15.8 Å². The minimum Gasteiger partial charge on any atom is -0.466 e. The normalized spacial score (nSPS) is 24.6. The molecule has 0 heterocycles. The minimum atomic E-state index is -0.0966. The van der Waals surface area contributed by atoms with Crippen molar-refractivity contribution < 1.29 is 14.3 Å². The van der Waals surface area contributed by atoms with Crippen LogP contribution in [0, 0.1) is 11.8 Å². The Morgan fingerprint density at radius 2 is 1.89 bits per heavy atom. The third-order valence-corrected chi connectivity index (χ3v) is 3.84. The Kier molecular flexibility index (Phi) is 6.84. The lowest BCUT2D eigenvalue weighted by atomic mass is 9.86. The molecule has 0 aromatic heterocycles. The average molecular weight is 270 g/mol. The van der Waals surface area contributed by atoms with E-state index in [4.69, 9.17) is 10.5 Å². The fraction of sp³-hybridized carbons (Fsp3) is 0.857. The molecule has 1 fully saturated rings. The Morgan fingerprint density at radius 3 is 2.37 bits per heavy atom. The molecule has 110 valence electrons. The van der Waals surface area contributed by atoms with Gasteiger partial charge in [-0.2, -0.15) is 0 Å². The molecular formula is C14H26N2O3. The van der Waals surface area contributed by atoms with Crippen LogP contribution < -0.4 is 11.1 Å². The zero-order chi connectivity index (χ0) is 14.3. The number of hydrogen-bond acceptors (Lipinski definition) is 4. The monoisotopic (exact) mass is 270 g/mol. The van der Waals surface area contributed by atoms with Crippen LogP contribution in [0.2, 0.25) is 0 Å². The van der Waals surface area contributed by atoms with Gasteiger partial charge in [0, 0.05) is 18.5 Å². The van der Waals surface area contributed by atoms with E-state index in [9.17, 15) is 9.59 Å². The van der Waals surface area contributed by atoms with Gasteiger partial charge in [-0.3, -0.25) is 9.59 Å². The zero-order valence-corrected chi connectivity index (χ0v) is 12.0. The number of esters is 1. The Bertz CT molecular complexity index is 295. The highest BCUT2D eigenvalue weighted by Gasteiger charge is 2.28. The van der Waals surface area contributed by atoms with Gasteiger partial charge >= 0.3 is 5.97 Å². The van der Waals surface area contributed by atoms with Crippen LogP contribution in [0.1, 0.15) is 46.0 Å². The number of carbonyl (C=O) groups excluding carboxylic acids is 2. The van der Waals surface area contributed by atoms with E-state index in [1.54, 1.807) is 0 Å². The van der Waals surface area contributed by atoms with Gasteiger partial charge in [0.15, 0.2) is 0 Å². The lowest BCUT2D eigenvalue weighted by Crippen LogP contribution is -2.43. The standard InChI is InChI=1S/C14H26N2O3/c1-3-10(9-15)13(17)16-12-7-5-11(6-8-12)14(18)19-4-2/h10-12H,3-9,15H2,1-2H3,(H,16,17). The molecule has 1 rings (SSSR count). The van der Waals surface area contributed by atoms with Gasteiger partial charge in [-0.15, -0.1) is 0 Å². The summed E-state index contributed by atoms with van der Waals surface area (Å²) in [6.07, 6.45) is 4.04. The van der Waals surface area contributed by atoms with Gasteiger partial charge in [0.25, 0.3) is 0 Å². The summed E-state index contributed by atoms with van der Waals surface area (Å²) in [5.74, 6) is -0.141. The quantitative estimate of drug-likeness (QED) is 0.711. The number of nitrogens with two attached hydrogens (primary N) is 1. The van der Waals surface area contributed by atoms with Crippen LogP contribution in [-0.4, -0.2) is 31.1 Å². The van der Waals surface area contributed by atoms with Crippen molar-refractivity contribution in [2.45, 2.75) is 52.0 Å². The largest absolute Gasteiger partial charge is 0.466 e. The summed E-state index contributed by atoms with van der Waals surface area (Å²) in [5, 5.41) is 3.04. The van der Waals surface area contributed by atoms with Crippen molar-refractivity contribution in [3.05, 3.63) is 0 Å². The van der Waals surface area contributed by atoms with Gasteiger partial charge in [-0.05, 0) is 39.0 Å². The fourth-order valence-electron chi connectivity index (χ4n) is 2.51. The summed E-state index contributed by atoms with van der Waals surface area (Å²) in [7, 11) is 0. The van der Waals surface area contributed by atoms with Gasteiger partial charge in [0.05, 0.1) is 12.5 Å². The highest BCUT2D eigenvalue weighted by atomic mass is 16.5. The molecule has 5 heteroatoms. The van der Waals surface area contributed by atoms with Gasteiger partial charge in [-0.1, -0.05) is 6.92 Å². The molecule has 19 heavy (non-hydrogen) atoms. The Balaban J connectivity index is 2.34. The van der Waals surface area contributed by atoms with Crippen LogP contribution >= 0.6 is 0 Å². The molecule has 0 bridgehead atoms. The van der Waals surface area contributed by atoms with Crippen molar-refractivity contribution in [3.63, 3.8) is 0 Å². The summed E-state index contributed by atoms with van der Waals surface area (Å²) in [6, 6.07) is 0.179. The van der Waals surface area contributed by atoms with E-state index in [0.717, 1.165) is 32.1 Å². The second-order valence-electron chi connectivity index (χ2n) is 5.15. The first-order chi connectivity index (χ1) is 9.12. The van der Waals surface area contributed by atoms with Crippen LogP contribution in [0.25, 0.3) is 0 Å². The maximum absolute atomic E-state index is 11.9. The molecule has 0 radical (unpaired) electrons. The molecule has 0 aromatic carbocycles. The predicted octanol–water partition coefficient (Wildman–Crippen LogP) is 1.21. The number of amides is 1. The van der Waals surface area contributed by atoms with Crippen molar-refractivity contribution in [1.82, 2.24) is 5.32 Å². The molecule has 3 N–H and O–H groups in total. The molecule has 1 unspecified atom stereocenters. The summed E-state index contributed by atoms with van der Waals surface area (Å²) in [6.45, 7) is 4.61. The molecule has 0 aromatic rings. The number of rotatable bonds is 6. The third-order valence-electron chi connectivity index (χ3n) is 3.84. The van der Waals surface area contributed by atoms with Gasteiger partial charge in [0.2, 0.25) is 5.91 Å². The van der Waals surface area contributed by atoms with Gasteiger partial charge in [-0.25, -0.2) is 0 Å². The van der Waals surface area contributed by atoms with Crippen molar-refractivity contribution in [3.8, 4) is 0 Å². The SMILES string of the molecule is CCOC(=O)C1CCC(NC(=O)C(CC)CN)CC1. The Labute approximate surface area is 115 Å². The molecule has 5 nitrogen and oxygen atoms in total. The first-order valence-electron chi connectivity index (χ1n) is 7.29. The molecule has 1 saturated carbocycles. The van der Waals surface area contributed by atoms with E-state index in [1.807, 2.05) is 13.8 Å². The zero-order valence-electron chi connectivity index (χ0n) is 12.0. The van der Waals surface area contributed by atoms with Crippen LogP contribution in [-0.2, 0) is 14.3 Å². The van der Waals surface area contributed by atoms with Crippen LogP contribution in [0.3, 0.4) is 0 Å². The summed E-state index contributed by atoms with van der Waals surface area (Å²) < 4.78 is 5.03. The third kappa shape index (κ3) is 4.82. The van der Waals surface area contributed by atoms with E-state index >= 15 is 0 Å². The lowest BCUT2D eigenvalue weighted by molar-refractivity contribution is -0.149. The smallest absolute Gasteiger partial charge is 0.308 e. The number of ether oxygens (including phenoxy) is 1. The van der Waals surface area contributed by atoms with Crippen molar-refractivity contribution in [2.24, 2.45) is 17.6 Å². The summed E-state index contributed by atoms with van der Waals surface area (Å²) in [4.78, 5) is 23.5. The maximum atomic E-state index is 11.9. The molecule has 0 saturated heterocycles. The van der Waals surface area contributed by atoms with E-state index in [-0.39, 0.29) is 29.8 Å². The maximum Gasteiger partial charge on any atom is 0.308 e. The number of nitrogens with one attached hydrogen (secondary N) is 1. The predicted molar refractivity (Wildman–Crippen MR) is 73.4 cm³/mol. The van der Waals surface area contributed by atoms with Gasteiger partial charge in [0.1, 0.15) is 0 Å². The first-order valence-corrected chi connectivity index (χ1v) is 7.29. The molecule has 1 aliphatic rings. The molecule has 0 aliphatic heterocycles. The highest BCUT2D eigenvalue weighted by molar-refractivity contribution is 5.79. The first kappa shape index (κ1) is 16.0.